The number of hydrogen-bond acceptors (Lipinski definition) is 8. The highest BCUT2D eigenvalue weighted by Gasteiger charge is 2.14. The normalized spacial score (nSPS) is 11.4. The molecule has 0 aliphatic heterocycles. The molecule has 8 nitrogen and oxygen atoms in total. The van der Waals surface area contributed by atoms with Crippen LogP contribution in [0.3, 0.4) is 0 Å². The van der Waals surface area contributed by atoms with Crippen molar-refractivity contribution in [2.45, 2.75) is 30.7 Å². The molecule has 0 unspecified atom stereocenters. The smallest absolute Gasteiger partial charge is 0.275 e. The highest BCUT2D eigenvalue weighted by Crippen LogP contribution is 2.28. The largest absolute Gasteiger partial charge is 0.496 e. The minimum Gasteiger partial charge on any atom is -0.496 e. The van der Waals surface area contributed by atoms with Crippen LogP contribution in [0.5, 0.6) is 5.75 Å². The van der Waals surface area contributed by atoms with Gasteiger partial charge in [-0.05, 0) is 12.1 Å². The van der Waals surface area contributed by atoms with Crippen LogP contribution < -0.4 is 10.3 Å². The lowest BCUT2D eigenvalue weighted by molar-refractivity contribution is 0.416. The Balaban J connectivity index is 1.54. The van der Waals surface area contributed by atoms with E-state index >= 15 is 0 Å². The zero-order valence-electron chi connectivity index (χ0n) is 15.5. The average molecular weight is 415 g/mol. The van der Waals surface area contributed by atoms with Gasteiger partial charge in [0.05, 0.1) is 18.4 Å². The standard InChI is InChI=1S/C18H18N6O2S2/c1-10(2)16-23-24-14(25)8-11(19-18(24)28-16)9-27-17-20-15(21-22-17)12-6-4-5-7-13(12)26-3/h4-8,10H,9H2,1-3H3,(H,20,21,22). The van der Waals surface area contributed by atoms with Gasteiger partial charge in [-0.1, -0.05) is 49.1 Å². The number of fused-ring (bicyclic) bond motifs is 1. The number of methoxy groups -OCH3 is 1. The summed E-state index contributed by atoms with van der Waals surface area (Å²) in [6.07, 6.45) is 0. The van der Waals surface area contributed by atoms with Crippen molar-refractivity contribution in [3.05, 3.63) is 51.4 Å². The fourth-order valence-electron chi connectivity index (χ4n) is 2.59. The van der Waals surface area contributed by atoms with E-state index in [-0.39, 0.29) is 11.5 Å². The number of hydrogen-bond donors (Lipinski definition) is 1. The number of thioether (sulfide) groups is 1. The number of nitrogens with one attached hydrogen (secondary N) is 1. The number of ether oxygens (including phenoxy) is 1. The minimum atomic E-state index is -0.173. The predicted molar refractivity (Wildman–Crippen MR) is 109 cm³/mol. The van der Waals surface area contributed by atoms with Crippen molar-refractivity contribution in [2.24, 2.45) is 0 Å². The summed E-state index contributed by atoms with van der Waals surface area (Å²) in [4.78, 5) is 22.0. The van der Waals surface area contributed by atoms with E-state index in [2.05, 4.69) is 25.3 Å². The lowest BCUT2D eigenvalue weighted by atomic mass is 10.2. The Bertz CT molecular complexity index is 1180. The van der Waals surface area contributed by atoms with Crippen molar-refractivity contribution in [1.29, 1.82) is 0 Å². The Labute approximate surface area is 169 Å². The second-order valence-electron chi connectivity index (χ2n) is 6.33. The van der Waals surface area contributed by atoms with E-state index in [4.69, 9.17) is 4.74 Å². The van der Waals surface area contributed by atoms with Crippen molar-refractivity contribution in [3.8, 4) is 17.1 Å². The van der Waals surface area contributed by atoms with Crippen LogP contribution in [-0.2, 0) is 5.75 Å². The van der Waals surface area contributed by atoms with Crippen LogP contribution in [0.15, 0.2) is 40.3 Å². The molecule has 0 saturated carbocycles. The highest BCUT2D eigenvalue weighted by molar-refractivity contribution is 7.98. The molecule has 0 saturated heterocycles. The van der Waals surface area contributed by atoms with Gasteiger partial charge >= 0.3 is 0 Å². The molecule has 3 heterocycles. The Morgan fingerprint density at radius 2 is 2.11 bits per heavy atom. The molecule has 0 fully saturated rings. The van der Waals surface area contributed by atoms with Crippen molar-refractivity contribution in [1.82, 2.24) is 29.8 Å². The first-order valence-electron chi connectivity index (χ1n) is 8.63. The molecule has 0 bridgehead atoms. The van der Waals surface area contributed by atoms with Crippen LogP contribution in [0.2, 0.25) is 0 Å². The summed E-state index contributed by atoms with van der Waals surface area (Å²) in [5, 5.41) is 13.0. The fraction of sp³-hybridized carbons (Fsp3) is 0.278. The van der Waals surface area contributed by atoms with Gasteiger partial charge in [0.25, 0.3) is 5.56 Å². The van der Waals surface area contributed by atoms with Crippen molar-refractivity contribution < 1.29 is 4.74 Å². The molecule has 0 amide bonds. The number of H-pyrrole nitrogens is 1. The molecule has 4 aromatic rings. The molecule has 4 rings (SSSR count). The number of para-hydroxylation sites is 1. The number of aromatic nitrogens is 6. The van der Waals surface area contributed by atoms with Gasteiger partial charge in [-0.25, -0.2) is 9.97 Å². The third-order valence-corrected chi connectivity index (χ3v) is 6.07. The van der Waals surface area contributed by atoms with Crippen LogP contribution in [0.1, 0.15) is 30.5 Å². The zero-order valence-corrected chi connectivity index (χ0v) is 17.2. The van der Waals surface area contributed by atoms with E-state index in [1.54, 1.807) is 7.11 Å². The second-order valence-corrected chi connectivity index (χ2v) is 8.26. The highest BCUT2D eigenvalue weighted by atomic mass is 32.2. The van der Waals surface area contributed by atoms with E-state index in [0.717, 1.165) is 16.3 Å². The SMILES string of the molecule is COc1ccccc1-c1nc(SCc2cc(=O)n3nc(C(C)C)sc3n2)n[nH]1. The van der Waals surface area contributed by atoms with Gasteiger partial charge in [0, 0.05) is 17.7 Å². The Hall–Kier alpha value is -2.72. The van der Waals surface area contributed by atoms with Crippen LogP contribution >= 0.6 is 23.1 Å². The summed E-state index contributed by atoms with van der Waals surface area (Å²) in [5.74, 6) is 2.10. The fourth-order valence-corrected chi connectivity index (χ4v) is 4.20. The van der Waals surface area contributed by atoms with E-state index < -0.39 is 0 Å². The third kappa shape index (κ3) is 3.65. The third-order valence-electron chi connectivity index (χ3n) is 3.98. The van der Waals surface area contributed by atoms with E-state index in [1.807, 2.05) is 38.1 Å². The summed E-state index contributed by atoms with van der Waals surface area (Å²) in [6.45, 7) is 4.09. The number of aromatic amines is 1. The first kappa shape index (κ1) is 18.6. The molecule has 28 heavy (non-hydrogen) atoms. The molecule has 1 N–H and O–H groups in total. The average Bonchev–Trinajstić information content (AvgIpc) is 3.34. The number of rotatable bonds is 6. The molecular formula is C18H18N6O2S2. The van der Waals surface area contributed by atoms with Crippen LogP contribution in [0, 0.1) is 0 Å². The Kier molecular flexibility index (Phi) is 5.14. The molecular weight excluding hydrogens is 396 g/mol. The molecule has 0 spiro atoms. The van der Waals surface area contributed by atoms with Gasteiger partial charge < -0.3 is 4.74 Å². The van der Waals surface area contributed by atoms with Gasteiger partial charge in [-0.3, -0.25) is 9.89 Å². The second kappa shape index (κ2) is 7.72. The Morgan fingerprint density at radius 3 is 2.89 bits per heavy atom. The molecule has 1 aromatic carbocycles. The molecule has 0 aliphatic carbocycles. The van der Waals surface area contributed by atoms with Crippen molar-refractivity contribution in [2.75, 3.05) is 7.11 Å². The van der Waals surface area contributed by atoms with Crippen LogP contribution in [0.4, 0.5) is 0 Å². The maximum absolute atomic E-state index is 12.3. The maximum Gasteiger partial charge on any atom is 0.275 e. The molecule has 0 aliphatic rings. The van der Waals surface area contributed by atoms with Crippen molar-refractivity contribution >= 4 is 28.1 Å². The first-order chi connectivity index (χ1) is 13.5. The van der Waals surface area contributed by atoms with Gasteiger partial charge in [0.2, 0.25) is 10.1 Å². The predicted octanol–water partition coefficient (Wildman–Crippen LogP) is 3.36. The molecule has 144 valence electrons. The van der Waals surface area contributed by atoms with Crippen LogP contribution in [0.25, 0.3) is 16.3 Å². The Morgan fingerprint density at radius 1 is 1.29 bits per heavy atom. The summed E-state index contributed by atoms with van der Waals surface area (Å²) in [6, 6.07) is 9.12. The summed E-state index contributed by atoms with van der Waals surface area (Å²) in [7, 11) is 1.62. The van der Waals surface area contributed by atoms with Gasteiger partial charge in [0.15, 0.2) is 5.82 Å². The summed E-state index contributed by atoms with van der Waals surface area (Å²) < 4.78 is 6.73. The number of nitrogens with zero attached hydrogens (tertiary/aromatic N) is 5. The minimum absolute atomic E-state index is 0.173. The lowest BCUT2D eigenvalue weighted by Gasteiger charge is -2.04. The van der Waals surface area contributed by atoms with Gasteiger partial charge in [0.1, 0.15) is 10.8 Å². The monoisotopic (exact) mass is 414 g/mol. The quantitative estimate of drug-likeness (QED) is 0.483. The molecule has 0 atom stereocenters. The van der Waals surface area contributed by atoms with Gasteiger partial charge in [-0.15, -0.1) is 5.10 Å². The van der Waals surface area contributed by atoms with E-state index in [9.17, 15) is 4.79 Å². The molecule has 3 aromatic heterocycles. The molecule has 10 heteroatoms. The maximum atomic E-state index is 12.3. The van der Waals surface area contributed by atoms with Crippen molar-refractivity contribution in [3.63, 3.8) is 0 Å². The number of benzene rings is 1. The molecule has 0 radical (unpaired) electrons. The first-order valence-corrected chi connectivity index (χ1v) is 10.4. The van der Waals surface area contributed by atoms with E-state index in [0.29, 0.717) is 27.4 Å². The lowest BCUT2D eigenvalue weighted by Crippen LogP contribution is -2.15. The van der Waals surface area contributed by atoms with Crippen LogP contribution in [-0.4, -0.2) is 36.9 Å². The van der Waals surface area contributed by atoms with E-state index in [1.165, 1.54) is 33.7 Å². The zero-order chi connectivity index (χ0) is 19.7. The van der Waals surface area contributed by atoms with Gasteiger partial charge in [-0.2, -0.15) is 9.61 Å². The summed E-state index contributed by atoms with van der Waals surface area (Å²) in [5.41, 5.74) is 1.35. The topological polar surface area (TPSA) is 98.1 Å². The summed E-state index contributed by atoms with van der Waals surface area (Å²) >= 11 is 2.85.